The third kappa shape index (κ3) is 1.87. The van der Waals surface area contributed by atoms with Gasteiger partial charge in [0.15, 0.2) is 0 Å². The molecule has 1 N–H and O–H groups in total. The number of rotatable bonds is 2. The van der Waals surface area contributed by atoms with E-state index < -0.39 is 0 Å². The van der Waals surface area contributed by atoms with Crippen molar-refractivity contribution in [3.8, 4) is 0 Å². The maximum absolute atomic E-state index is 3.89. The molecule has 0 atom stereocenters. The summed E-state index contributed by atoms with van der Waals surface area (Å²) >= 11 is 0. The molecule has 1 nitrogen and oxygen atoms in total. The van der Waals surface area contributed by atoms with E-state index in [0.717, 1.165) is 6.42 Å². The summed E-state index contributed by atoms with van der Waals surface area (Å²) in [5.41, 5.74) is 0.678. The molecule has 1 heterocycles. The first-order chi connectivity index (χ1) is 4.87. The van der Waals surface area contributed by atoms with Crippen LogP contribution < -0.4 is 5.32 Å². The van der Waals surface area contributed by atoms with Crippen molar-refractivity contribution in [2.45, 2.75) is 25.7 Å². The minimum absolute atomic E-state index is 0. The fourth-order valence-electron chi connectivity index (χ4n) is 2.01. The van der Waals surface area contributed by atoms with Gasteiger partial charge < -0.3 is 12.2 Å². The van der Waals surface area contributed by atoms with Crippen LogP contribution in [0.15, 0.2) is 0 Å². The Labute approximate surface area is 94.6 Å². The third-order valence-corrected chi connectivity index (χ3v) is 2.88. The van der Waals surface area contributed by atoms with Crippen LogP contribution in [-0.2, 0) is 32.7 Å². The first-order valence-corrected chi connectivity index (χ1v) is 4.22. The summed E-state index contributed by atoms with van der Waals surface area (Å²) in [6, 6.07) is 0. The fourth-order valence-corrected chi connectivity index (χ4v) is 2.01. The summed E-state index contributed by atoms with van der Waals surface area (Å²) in [5, 5.41) is 3.45. The summed E-state index contributed by atoms with van der Waals surface area (Å²) in [6.45, 7) is 6.32. The van der Waals surface area contributed by atoms with Gasteiger partial charge in [0, 0.05) is 32.7 Å². The van der Waals surface area contributed by atoms with Gasteiger partial charge in [0.2, 0.25) is 0 Å². The van der Waals surface area contributed by atoms with Crippen LogP contribution in [0.25, 0.3) is 0 Å². The largest absolute Gasteiger partial charge is 0.348 e. The van der Waals surface area contributed by atoms with Crippen molar-refractivity contribution in [1.29, 1.82) is 0 Å². The minimum atomic E-state index is 0. The Kier molecular flexibility index (Phi) is 3.55. The zero-order valence-corrected chi connectivity index (χ0v) is 9.87. The molecule has 2 aliphatic rings. The quantitative estimate of drug-likeness (QED) is 0.704. The van der Waals surface area contributed by atoms with E-state index in [4.69, 9.17) is 0 Å². The van der Waals surface area contributed by atoms with Gasteiger partial charge in [-0.15, -0.1) is 12.0 Å². The molecule has 1 aliphatic carbocycles. The zero-order chi connectivity index (χ0) is 7.03. The normalized spacial score (nSPS) is 27.0. The van der Waals surface area contributed by atoms with Crippen molar-refractivity contribution < 1.29 is 32.7 Å². The Hall–Kier alpha value is 1.06. The van der Waals surface area contributed by atoms with E-state index in [1.54, 1.807) is 5.92 Å². The van der Waals surface area contributed by atoms with Gasteiger partial charge in [0.25, 0.3) is 0 Å². The molecular formula is C9H15NY-2. The minimum Gasteiger partial charge on any atom is -0.348 e. The van der Waals surface area contributed by atoms with Crippen LogP contribution in [-0.4, -0.2) is 13.1 Å². The second-order valence-electron chi connectivity index (χ2n) is 3.59. The van der Waals surface area contributed by atoms with E-state index in [9.17, 15) is 0 Å². The number of hydrogen-bond donors (Lipinski definition) is 1. The van der Waals surface area contributed by atoms with Gasteiger partial charge in [-0.3, -0.25) is 5.92 Å². The van der Waals surface area contributed by atoms with Gasteiger partial charge in [-0.25, -0.2) is 12.8 Å². The summed E-state index contributed by atoms with van der Waals surface area (Å²) in [7, 11) is 0. The van der Waals surface area contributed by atoms with E-state index >= 15 is 0 Å². The Morgan fingerprint density at radius 2 is 2.18 bits per heavy atom. The fraction of sp³-hybridized carbons (Fsp3) is 0.778. The molecule has 0 amide bonds. The van der Waals surface area contributed by atoms with Gasteiger partial charge in [0.1, 0.15) is 0 Å². The average Bonchev–Trinajstić information content (AvgIpc) is 2.57. The van der Waals surface area contributed by atoms with Crippen LogP contribution in [0.3, 0.4) is 0 Å². The maximum Gasteiger partial charge on any atom is 0 e. The van der Waals surface area contributed by atoms with Crippen LogP contribution >= 0.6 is 0 Å². The number of nitrogens with one attached hydrogen (secondary N) is 1. The summed E-state index contributed by atoms with van der Waals surface area (Å²) in [4.78, 5) is 0. The topological polar surface area (TPSA) is 12.0 Å². The smallest absolute Gasteiger partial charge is 0 e. The molecule has 2 fully saturated rings. The van der Waals surface area contributed by atoms with E-state index in [0.29, 0.717) is 5.41 Å². The Bertz CT molecular complexity index is 132. The molecule has 1 aliphatic heterocycles. The molecular weight excluding hydrogens is 211 g/mol. The van der Waals surface area contributed by atoms with Crippen molar-refractivity contribution in [3.05, 3.63) is 12.8 Å². The Balaban J connectivity index is 0.000000605. The van der Waals surface area contributed by atoms with Gasteiger partial charge >= 0.3 is 0 Å². The van der Waals surface area contributed by atoms with Crippen LogP contribution in [0.1, 0.15) is 25.7 Å². The predicted octanol–water partition coefficient (Wildman–Crippen LogP) is 1.56. The van der Waals surface area contributed by atoms with Gasteiger partial charge in [-0.2, -0.15) is 0 Å². The van der Waals surface area contributed by atoms with Crippen molar-refractivity contribution in [2.75, 3.05) is 13.1 Å². The first kappa shape index (κ1) is 10.1. The second-order valence-corrected chi connectivity index (χ2v) is 3.59. The van der Waals surface area contributed by atoms with Crippen LogP contribution in [0.2, 0.25) is 0 Å². The van der Waals surface area contributed by atoms with E-state index in [2.05, 4.69) is 12.2 Å². The molecule has 1 radical (unpaired) electrons. The second kappa shape index (κ2) is 3.85. The molecule has 0 unspecified atom stereocenters. The molecule has 0 aromatic carbocycles. The van der Waals surface area contributed by atoms with Crippen LogP contribution in [0.5, 0.6) is 0 Å². The molecule has 0 aromatic rings. The van der Waals surface area contributed by atoms with E-state index in [1.807, 2.05) is 0 Å². The molecule has 2 heteroatoms. The summed E-state index contributed by atoms with van der Waals surface area (Å²) in [6.07, 6.45) is 5.22. The van der Waals surface area contributed by atoms with Crippen molar-refractivity contribution in [1.82, 2.24) is 5.32 Å². The molecule has 2 rings (SSSR count). The van der Waals surface area contributed by atoms with Gasteiger partial charge in [0.05, 0.1) is 0 Å². The van der Waals surface area contributed by atoms with Crippen molar-refractivity contribution >= 4 is 0 Å². The van der Waals surface area contributed by atoms with Crippen LogP contribution in [0.4, 0.5) is 0 Å². The predicted molar refractivity (Wildman–Crippen MR) is 42.4 cm³/mol. The SMILES string of the molecule is [CH2-]CC[C-]1CNCC12CC2.[Y]. The van der Waals surface area contributed by atoms with Gasteiger partial charge in [-0.1, -0.05) is 12.8 Å². The molecule has 0 bridgehead atoms. The maximum atomic E-state index is 3.89. The molecule has 1 saturated carbocycles. The third-order valence-electron chi connectivity index (χ3n) is 2.88. The van der Waals surface area contributed by atoms with Crippen molar-refractivity contribution in [2.24, 2.45) is 5.41 Å². The summed E-state index contributed by atoms with van der Waals surface area (Å²) in [5.74, 6) is 1.75. The molecule has 1 spiro atoms. The standard InChI is InChI=1S/C9H15N.Y/c1-2-3-8-6-10-7-9(8)4-5-9;/h10H,1-7H2;/q-2;. The van der Waals surface area contributed by atoms with Crippen molar-refractivity contribution in [3.63, 3.8) is 0 Å². The average molecular weight is 226 g/mol. The van der Waals surface area contributed by atoms with E-state index in [1.165, 1.54) is 32.4 Å². The Morgan fingerprint density at radius 1 is 1.45 bits per heavy atom. The monoisotopic (exact) mass is 226 g/mol. The molecule has 11 heavy (non-hydrogen) atoms. The zero-order valence-electron chi connectivity index (χ0n) is 7.03. The Morgan fingerprint density at radius 3 is 2.73 bits per heavy atom. The van der Waals surface area contributed by atoms with E-state index in [-0.39, 0.29) is 32.7 Å². The van der Waals surface area contributed by atoms with Gasteiger partial charge in [-0.05, 0) is 6.54 Å². The number of hydrogen-bond acceptors (Lipinski definition) is 1. The molecule has 1 saturated heterocycles. The van der Waals surface area contributed by atoms with Crippen LogP contribution in [0, 0.1) is 18.3 Å². The molecule has 0 aromatic heterocycles. The summed E-state index contributed by atoms with van der Waals surface area (Å²) < 4.78 is 0. The first-order valence-electron chi connectivity index (χ1n) is 4.22. The molecule has 61 valence electrons.